The van der Waals surface area contributed by atoms with Crippen molar-refractivity contribution in [2.24, 2.45) is 0 Å². The van der Waals surface area contributed by atoms with E-state index in [9.17, 15) is 0 Å². The van der Waals surface area contributed by atoms with Gasteiger partial charge in [-0.2, -0.15) is 0 Å². The van der Waals surface area contributed by atoms with E-state index in [1.165, 1.54) is 0 Å². The van der Waals surface area contributed by atoms with Gasteiger partial charge in [0.2, 0.25) is 0 Å². The first-order valence-corrected chi connectivity index (χ1v) is 3.96. The Bertz CT molecular complexity index is 300. The fourth-order valence-electron chi connectivity index (χ4n) is 0.921. The van der Waals surface area contributed by atoms with Crippen LogP contribution in [-0.2, 0) is 0 Å². The summed E-state index contributed by atoms with van der Waals surface area (Å²) in [4.78, 5) is 0. The van der Waals surface area contributed by atoms with Crippen molar-refractivity contribution >= 4 is 21.6 Å². The third kappa shape index (κ3) is 1.55. The van der Waals surface area contributed by atoms with Gasteiger partial charge < -0.3 is 5.73 Å². The number of rotatable bonds is 0. The maximum Gasteiger partial charge on any atom is 0.0614 e. The first-order chi connectivity index (χ1) is 5.15. The standard InChI is InChI=1S/C9H8BrN/c1-3-7-8(10)4-6(2)5-9(7)11/h1,4-5H,11H2,2H3. The molecular weight excluding hydrogens is 202 g/mol. The Morgan fingerprint density at radius 3 is 2.64 bits per heavy atom. The van der Waals surface area contributed by atoms with E-state index in [0.717, 1.165) is 15.6 Å². The monoisotopic (exact) mass is 209 g/mol. The van der Waals surface area contributed by atoms with Crippen molar-refractivity contribution in [1.29, 1.82) is 0 Å². The number of halogens is 1. The largest absolute Gasteiger partial charge is 0.398 e. The second-order valence-electron chi connectivity index (χ2n) is 2.36. The number of terminal acetylenes is 1. The molecule has 56 valence electrons. The van der Waals surface area contributed by atoms with Crippen LogP contribution >= 0.6 is 15.9 Å². The van der Waals surface area contributed by atoms with Gasteiger partial charge >= 0.3 is 0 Å². The lowest BCUT2D eigenvalue weighted by atomic mass is 10.1. The molecule has 0 heterocycles. The van der Waals surface area contributed by atoms with Gasteiger partial charge in [0.25, 0.3) is 0 Å². The van der Waals surface area contributed by atoms with Crippen molar-refractivity contribution in [1.82, 2.24) is 0 Å². The molecular formula is C9H8BrN. The Morgan fingerprint density at radius 2 is 2.18 bits per heavy atom. The molecule has 2 N–H and O–H groups in total. The minimum absolute atomic E-state index is 0.652. The number of nitrogens with two attached hydrogens (primary N) is 1. The molecule has 0 atom stereocenters. The van der Waals surface area contributed by atoms with E-state index >= 15 is 0 Å². The van der Waals surface area contributed by atoms with Crippen molar-refractivity contribution in [3.05, 3.63) is 27.7 Å². The predicted octanol–water partition coefficient (Wildman–Crippen LogP) is 2.32. The zero-order valence-electron chi connectivity index (χ0n) is 6.19. The van der Waals surface area contributed by atoms with Crippen molar-refractivity contribution < 1.29 is 0 Å². The van der Waals surface area contributed by atoms with Crippen LogP contribution in [0, 0.1) is 19.3 Å². The van der Waals surface area contributed by atoms with Crippen LogP contribution in [0.1, 0.15) is 11.1 Å². The van der Waals surface area contributed by atoms with Crippen LogP contribution in [-0.4, -0.2) is 0 Å². The molecule has 0 aliphatic carbocycles. The molecule has 11 heavy (non-hydrogen) atoms. The number of anilines is 1. The van der Waals surface area contributed by atoms with E-state index in [-0.39, 0.29) is 0 Å². The Hall–Kier alpha value is -0.940. The van der Waals surface area contributed by atoms with Crippen LogP contribution in [0.25, 0.3) is 0 Å². The smallest absolute Gasteiger partial charge is 0.0614 e. The van der Waals surface area contributed by atoms with Crippen molar-refractivity contribution in [2.75, 3.05) is 5.73 Å². The third-order valence-corrected chi connectivity index (χ3v) is 2.03. The summed E-state index contributed by atoms with van der Waals surface area (Å²) in [5.74, 6) is 2.52. The van der Waals surface area contributed by atoms with Crippen molar-refractivity contribution in [3.63, 3.8) is 0 Å². The number of nitrogen functional groups attached to an aromatic ring is 1. The van der Waals surface area contributed by atoms with E-state index in [1.807, 2.05) is 19.1 Å². The maximum atomic E-state index is 5.66. The first-order valence-electron chi connectivity index (χ1n) is 3.17. The van der Waals surface area contributed by atoms with Crippen LogP contribution in [0.4, 0.5) is 5.69 Å². The molecule has 1 rings (SSSR count). The Kier molecular flexibility index (Phi) is 2.21. The summed E-state index contributed by atoms with van der Waals surface area (Å²) in [6, 6.07) is 3.81. The molecule has 0 spiro atoms. The molecule has 0 unspecified atom stereocenters. The van der Waals surface area contributed by atoms with Gasteiger partial charge in [-0.3, -0.25) is 0 Å². The van der Waals surface area contributed by atoms with Gasteiger partial charge in [-0.05, 0) is 40.5 Å². The molecule has 0 aliphatic heterocycles. The lowest BCUT2D eigenvalue weighted by Gasteiger charge is -2.02. The molecule has 2 heteroatoms. The highest BCUT2D eigenvalue weighted by molar-refractivity contribution is 9.10. The Labute approximate surface area is 74.7 Å². The quantitative estimate of drug-likeness (QED) is 0.516. The average Bonchev–Trinajstić information content (AvgIpc) is 1.85. The summed E-state index contributed by atoms with van der Waals surface area (Å²) in [7, 11) is 0. The van der Waals surface area contributed by atoms with Gasteiger partial charge in [0.15, 0.2) is 0 Å². The highest BCUT2D eigenvalue weighted by Gasteiger charge is 2.01. The van der Waals surface area contributed by atoms with E-state index < -0.39 is 0 Å². The normalized spacial score (nSPS) is 9.18. The molecule has 0 fully saturated rings. The molecule has 1 aromatic rings. The van der Waals surface area contributed by atoms with Gasteiger partial charge in [-0.15, -0.1) is 6.42 Å². The first kappa shape index (κ1) is 8.16. The minimum atomic E-state index is 0.652. The summed E-state index contributed by atoms with van der Waals surface area (Å²) in [6.07, 6.45) is 5.24. The molecule has 0 bridgehead atoms. The van der Waals surface area contributed by atoms with Crippen LogP contribution in [0.5, 0.6) is 0 Å². The lowest BCUT2D eigenvalue weighted by molar-refractivity contribution is 1.43. The summed E-state index contributed by atoms with van der Waals surface area (Å²) < 4.78 is 0.887. The van der Waals surface area contributed by atoms with Crippen LogP contribution in [0.3, 0.4) is 0 Å². The highest BCUT2D eigenvalue weighted by Crippen LogP contribution is 2.23. The zero-order valence-corrected chi connectivity index (χ0v) is 7.77. The summed E-state index contributed by atoms with van der Waals surface area (Å²) in [5, 5.41) is 0. The van der Waals surface area contributed by atoms with Gasteiger partial charge in [0, 0.05) is 10.2 Å². The number of hydrogen-bond donors (Lipinski definition) is 1. The molecule has 1 nitrogen and oxygen atoms in total. The van der Waals surface area contributed by atoms with Crippen molar-refractivity contribution in [2.45, 2.75) is 6.92 Å². The highest BCUT2D eigenvalue weighted by atomic mass is 79.9. The molecule has 0 aromatic heterocycles. The Balaban J connectivity index is 3.40. The molecule has 0 radical (unpaired) electrons. The fraction of sp³-hybridized carbons (Fsp3) is 0.111. The zero-order chi connectivity index (χ0) is 8.43. The second kappa shape index (κ2) is 2.98. The number of hydrogen-bond acceptors (Lipinski definition) is 1. The molecule has 1 aromatic carbocycles. The van der Waals surface area contributed by atoms with E-state index in [4.69, 9.17) is 12.2 Å². The maximum absolute atomic E-state index is 5.66. The van der Waals surface area contributed by atoms with Crippen LogP contribution in [0.2, 0.25) is 0 Å². The van der Waals surface area contributed by atoms with Gasteiger partial charge in [0.05, 0.1) is 5.56 Å². The van der Waals surface area contributed by atoms with E-state index in [0.29, 0.717) is 5.69 Å². The van der Waals surface area contributed by atoms with Crippen LogP contribution < -0.4 is 5.73 Å². The Morgan fingerprint density at radius 1 is 1.55 bits per heavy atom. The topological polar surface area (TPSA) is 26.0 Å². The average molecular weight is 210 g/mol. The minimum Gasteiger partial charge on any atom is -0.398 e. The number of aryl methyl sites for hydroxylation is 1. The van der Waals surface area contributed by atoms with Gasteiger partial charge in [-0.25, -0.2) is 0 Å². The molecule has 0 aliphatic rings. The fourth-order valence-corrected chi connectivity index (χ4v) is 1.63. The van der Waals surface area contributed by atoms with Gasteiger partial charge in [0.1, 0.15) is 0 Å². The van der Waals surface area contributed by atoms with Gasteiger partial charge in [-0.1, -0.05) is 5.92 Å². The molecule has 0 saturated carbocycles. The SMILES string of the molecule is C#Cc1c(N)cc(C)cc1Br. The molecule has 0 amide bonds. The lowest BCUT2D eigenvalue weighted by Crippen LogP contribution is -1.91. The molecule has 0 saturated heterocycles. The number of benzene rings is 1. The summed E-state index contributed by atoms with van der Waals surface area (Å²) in [6.45, 7) is 1.97. The predicted molar refractivity (Wildman–Crippen MR) is 51.2 cm³/mol. The second-order valence-corrected chi connectivity index (χ2v) is 3.21. The van der Waals surface area contributed by atoms with Crippen LogP contribution in [0.15, 0.2) is 16.6 Å². The van der Waals surface area contributed by atoms with Crippen molar-refractivity contribution in [3.8, 4) is 12.3 Å². The summed E-state index contributed by atoms with van der Waals surface area (Å²) in [5.41, 5.74) is 8.15. The van der Waals surface area contributed by atoms with E-state index in [2.05, 4.69) is 21.9 Å². The summed E-state index contributed by atoms with van der Waals surface area (Å²) >= 11 is 3.34. The van der Waals surface area contributed by atoms with E-state index in [1.54, 1.807) is 0 Å². The third-order valence-electron chi connectivity index (χ3n) is 1.41.